The number of hydrogen-bond donors (Lipinski definition) is 0. The first-order valence-corrected chi connectivity index (χ1v) is 8.62. The van der Waals surface area contributed by atoms with Crippen molar-refractivity contribution in [3.63, 3.8) is 0 Å². The fourth-order valence-corrected chi connectivity index (χ4v) is 3.45. The quantitative estimate of drug-likeness (QED) is 0.717. The lowest BCUT2D eigenvalue weighted by atomic mass is 9.93. The standard InChI is InChI=1S/C21H21N3O/c1-13-7-8-17-18(10-14(2)23-20(17)15(13)3)21(25)24-11-16(12-24)19-6-4-5-9-22-19/h4-10,16H,11-12H2,1-3H3. The SMILES string of the molecule is Cc1cc(C(=O)N2CC(c3ccccn3)C2)c2ccc(C)c(C)c2n1. The number of likely N-dealkylation sites (tertiary alicyclic amines) is 1. The summed E-state index contributed by atoms with van der Waals surface area (Å²) in [6, 6.07) is 11.9. The highest BCUT2D eigenvalue weighted by atomic mass is 16.2. The zero-order valence-corrected chi connectivity index (χ0v) is 14.8. The number of hydrogen-bond acceptors (Lipinski definition) is 3. The predicted octanol–water partition coefficient (Wildman–Crippen LogP) is 3.79. The molecule has 4 heteroatoms. The maximum absolute atomic E-state index is 13.0. The fourth-order valence-electron chi connectivity index (χ4n) is 3.45. The summed E-state index contributed by atoms with van der Waals surface area (Å²) in [7, 11) is 0. The molecule has 0 aliphatic carbocycles. The molecule has 0 atom stereocenters. The number of aromatic nitrogens is 2. The van der Waals surface area contributed by atoms with Gasteiger partial charge in [-0.2, -0.15) is 0 Å². The van der Waals surface area contributed by atoms with Crippen LogP contribution in [-0.4, -0.2) is 33.9 Å². The Kier molecular flexibility index (Phi) is 3.75. The van der Waals surface area contributed by atoms with Crippen LogP contribution in [-0.2, 0) is 0 Å². The Morgan fingerprint density at radius 1 is 1.12 bits per heavy atom. The highest BCUT2D eigenvalue weighted by Gasteiger charge is 2.33. The fraction of sp³-hybridized carbons (Fsp3) is 0.286. The average Bonchev–Trinajstić information content (AvgIpc) is 2.57. The summed E-state index contributed by atoms with van der Waals surface area (Å²) < 4.78 is 0. The minimum Gasteiger partial charge on any atom is -0.337 e. The summed E-state index contributed by atoms with van der Waals surface area (Å²) >= 11 is 0. The number of nitrogens with zero attached hydrogens (tertiary/aromatic N) is 3. The molecule has 3 heterocycles. The summed E-state index contributed by atoms with van der Waals surface area (Å²) in [6.07, 6.45) is 1.81. The van der Waals surface area contributed by atoms with Crippen LogP contribution in [0.4, 0.5) is 0 Å². The van der Waals surface area contributed by atoms with E-state index in [1.165, 1.54) is 5.56 Å². The molecular weight excluding hydrogens is 310 g/mol. The summed E-state index contributed by atoms with van der Waals surface area (Å²) in [5.74, 6) is 0.425. The summed E-state index contributed by atoms with van der Waals surface area (Å²) in [4.78, 5) is 24.0. The van der Waals surface area contributed by atoms with Crippen molar-refractivity contribution in [3.8, 4) is 0 Å². The third kappa shape index (κ3) is 2.68. The topological polar surface area (TPSA) is 46.1 Å². The van der Waals surface area contributed by atoms with E-state index in [1.807, 2.05) is 48.4 Å². The number of fused-ring (bicyclic) bond motifs is 1. The van der Waals surface area contributed by atoms with Crippen molar-refractivity contribution >= 4 is 16.8 Å². The van der Waals surface area contributed by atoms with Crippen molar-refractivity contribution in [1.82, 2.24) is 14.9 Å². The minimum atomic E-state index is 0.0888. The lowest BCUT2D eigenvalue weighted by Gasteiger charge is -2.39. The normalized spacial score (nSPS) is 14.6. The van der Waals surface area contributed by atoms with Crippen molar-refractivity contribution in [2.75, 3.05) is 13.1 Å². The van der Waals surface area contributed by atoms with E-state index in [2.05, 4.69) is 29.9 Å². The number of rotatable bonds is 2. The van der Waals surface area contributed by atoms with Gasteiger partial charge in [-0.05, 0) is 50.1 Å². The third-order valence-electron chi connectivity index (χ3n) is 5.14. The summed E-state index contributed by atoms with van der Waals surface area (Å²) in [5, 5.41) is 0.944. The largest absolute Gasteiger partial charge is 0.337 e. The van der Waals surface area contributed by atoms with Crippen LogP contribution in [0.25, 0.3) is 10.9 Å². The van der Waals surface area contributed by atoms with Gasteiger partial charge in [-0.15, -0.1) is 0 Å². The Balaban J connectivity index is 1.64. The molecule has 2 aromatic heterocycles. The van der Waals surface area contributed by atoms with Crippen LogP contribution < -0.4 is 0 Å². The number of benzene rings is 1. The van der Waals surface area contributed by atoms with Gasteiger partial charge in [0.25, 0.3) is 5.91 Å². The van der Waals surface area contributed by atoms with E-state index < -0.39 is 0 Å². The Morgan fingerprint density at radius 2 is 1.92 bits per heavy atom. The molecule has 4 rings (SSSR count). The second-order valence-electron chi connectivity index (χ2n) is 6.88. The highest BCUT2D eigenvalue weighted by molar-refractivity contribution is 6.07. The van der Waals surface area contributed by atoms with E-state index in [0.717, 1.165) is 46.5 Å². The molecule has 3 aromatic rings. The van der Waals surface area contributed by atoms with Gasteiger partial charge in [-0.3, -0.25) is 14.8 Å². The number of carbonyl (C=O) groups excluding carboxylic acids is 1. The molecule has 0 spiro atoms. The maximum atomic E-state index is 13.0. The molecule has 0 saturated carbocycles. The van der Waals surface area contributed by atoms with Gasteiger partial charge < -0.3 is 4.90 Å². The van der Waals surface area contributed by atoms with Crippen LogP contribution in [0.2, 0.25) is 0 Å². The Morgan fingerprint density at radius 3 is 2.64 bits per heavy atom. The van der Waals surface area contributed by atoms with Crippen LogP contribution in [0.5, 0.6) is 0 Å². The van der Waals surface area contributed by atoms with E-state index in [4.69, 9.17) is 0 Å². The van der Waals surface area contributed by atoms with Gasteiger partial charge in [0, 0.05) is 42.0 Å². The molecule has 0 bridgehead atoms. The Bertz CT molecular complexity index is 960. The number of aryl methyl sites for hydroxylation is 3. The second kappa shape index (κ2) is 5.96. The van der Waals surface area contributed by atoms with Crippen molar-refractivity contribution in [1.29, 1.82) is 0 Å². The molecule has 0 unspecified atom stereocenters. The first kappa shape index (κ1) is 15.8. The van der Waals surface area contributed by atoms with Gasteiger partial charge in [0.2, 0.25) is 0 Å². The van der Waals surface area contributed by atoms with Crippen LogP contribution in [0.3, 0.4) is 0 Å². The van der Waals surface area contributed by atoms with Gasteiger partial charge in [-0.1, -0.05) is 18.2 Å². The Hall–Kier alpha value is -2.75. The molecule has 126 valence electrons. The van der Waals surface area contributed by atoms with Crippen molar-refractivity contribution in [2.24, 2.45) is 0 Å². The van der Waals surface area contributed by atoms with Crippen LogP contribution in [0, 0.1) is 20.8 Å². The van der Waals surface area contributed by atoms with Crippen molar-refractivity contribution < 1.29 is 4.79 Å². The molecule has 1 amide bonds. The summed E-state index contributed by atoms with van der Waals surface area (Å²) in [5.41, 5.74) is 5.98. The van der Waals surface area contributed by atoms with E-state index in [-0.39, 0.29) is 5.91 Å². The van der Waals surface area contributed by atoms with Crippen molar-refractivity contribution in [3.05, 3.63) is 70.7 Å². The zero-order chi connectivity index (χ0) is 17.6. The number of carbonyl (C=O) groups is 1. The third-order valence-corrected chi connectivity index (χ3v) is 5.14. The smallest absolute Gasteiger partial charge is 0.254 e. The van der Waals surface area contributed by atoms with Crippen LogP contribution in [0.1, 0.15) is 38.8 Å². The molecule has 1 fully saturated rings. The lowest BCUT2D eigenvalue weighted by Crippen LogP contribution is -2.48. The molecule has 0 radical (unpaired) electrons. The van der Waals surface area contributed by atoms with E-state index >= 15 is 0 Å². The van der Waals surface area contributed by atoms with Crippen molar-refractivity contribution in [2.45, 2.75) is 26.7 Å². The maximum Gasteiger partial charge on any atom is 0.254 e. The summed E-state index contributed by atoms with van der Waals surface area (Å²) in [6.45, 7) is 7.55. The predicted molar refractivity (Wildman–Crippen MR) is 98.8 cm³/mol. The average molecular weight is 331 g/mol. The Labute approximate surface area is 147 Å². The van der Waals surface area contributed by atoms with Gasteiger partial charge in [-0.25, -0.2) is 0 Å². The van der Waals surface area contributed by atoms with E-state index in [9.17, 15) is 4.79 Å². The molecule has 1 saturated heterocycles. The van der Waals surface area contributed by atoms with Gasteiger partial charge in [0.1, 0.15) is 0 Å². The van der Waals surface area contributed by atoms with E-state index in [0.29, 0.717) is 5.92 Å². The lowest BCUT2D eigenvalue weighted by molar-refractivity contribution is 0.0600. The first-order valence-electron chi connectivity index (χ1n) is 8.62. The minimum absolute atomic E-state index is 0.0888. The van der Waals surface area contributed by atoms with Gasteiger partial charge >= 0.3 is 0 Å². The van der Waals surface area contributed by atoms with Gasteiger partial charge in [0.05, 0.1) is 11.1 Å². The second-order valence-corrected chi connectivity index (χ2v) is 6.88. The zero-order valence-electron chi connectivity index (χ0n) is 14.8. The molecule has 25 heavy (non-hydrogen) atoms. The number of amides is 1. The van der Waals surface area contributed by atoms with Crippen LogP contribution in [0.15, 0.2) is 42.6 Å². The molecule has 1 aliphatic rings. The molecule has 1 aliphatic heterocycles. The monoisotopic (exact) mass is 331 g/mol. The van der Waals surface area contributed by atoms with Gasteiger partial charge in [0.15, 0.2) is 0 Å². The molecule has 4 nitrogen and oxygen atoms in total. The molecule has 1 aromatic carbocycles. The van der Waals surface area contributed by atoms with Crippen LogP contribution >= 0.6 is 0 Å². The highest BCUT2D eigenvalue weighted by Crippen LogP contribution is 2.30. The molecule has 0 N–H and O–H groups in total. The first-order chi connectivity index (χ1) is 12.0. The number of pyridine rings is 2. The molecular formula is C21H21N3O. The van der Waals surface area contributed by atoms with E-state index in [1.54, 1.807) is 0 Å².